The molecule has 0 aromatic heterocycles. The van der Waals surface area contributed by atoms with Crippen LogP contribution in [0, 0.1) is 0 Å². The first-order valence-electron chi connectivity index (χ1n) is 5.09. The highest BCUT2D eigenvalue weighted by molar-refractivity contribution is 7.89. The number of carboxylic acid groups (broad SMARTS) is 1. The Kier molecular flexibility index (Phi) is 4.46. The van der Waals surface area contributed by atoms with Crippen LogP contribution in [-0.4, -0.2) is 32.2 Å². The van der Waals surface area contributed by atoms with E-state index in [0.717, 1.165) is 18.2 Å². The van der Waals surface area contributed by atoms with Gasteiger partial charge in [-0.15, -0.1) is 0 Å². The van der Waals surface area contributed by atoms with Gasteiger partial charge < -0.3 is 9.84 Å². The standard InChI is InChI=1S/C10H12N2O6S/c1-2-18-10(15)12-8-5-6(19(11,16)17)3-4-7(8)9(13)14/h3-5H,2H2,1H3,(H,12,15)(H,13,14)(H2,11,16,17). The number of hydrogen-bond acceptors (Lipinski definition) is 5. The predicted octanol–water partition coefficient (Wildman–Crippen LogP) is 0.601. The maximum atomic E-state index is 11.2. The highest BCUT2D eigenvalue weighted by Gasteiger charge is 2.17. The van der Waals surface area contributed by atoms with Crippen LogP contribution in [0.3, 0.4) is 0 Å². The fourth-order valence-corrected chi connectivity index (χ4v) is 1.81. The average molecular weight is 288 g/mol. The van der Waals surface area contributed by atoms with Gasteiger partial charge in [0.1, 0.15) is 0 Å². The molecule has 0 aliphatic carbocycles. The van der Waals surface area contributed by atoms with Gasteiger partial charge in [0.05, 0.1) is 22.8 Å². The first kappa shape index (κ1) is 14.9. The molecular formula is C10H12N2O6S. The minimum atomic E-state index is -4.00. The minimum Gasteiger partial charge on any atom is -0.478 e. The smallest absolute Gasteiger partial charge is 0.411 e. The predicted molar refractivity (Wildman–Crippen MR) is 65.4 cm³/mol. The molecule has 0 fully saturated rings. The van der Waals surface area contributed by atoms with Gasteiger partial charge in [-0.2, -0.15) is 0 Å². The Balaban J connectivity index is 3.24. The Labute approximate surface area is 109 Å². The second-order valence-corrected chi connectivity index (χ2v) is 4.96. The van der Waals surface area contributed by atoms with E-state index in [4.69, 9.17) is 10.2 Å². The molecule has 9 heteroatoms. The van der Waals surface area contributed by atoms with Gasteiger partial charge in [-0.05, 0) is 25.1 Å². The summed E-state index contributed by atoms with van der Waals surface area (Å²) in [6.45, 7) is 1.65. The lowest BCUT2D eigenvalue weighted by Crippen LogP contribution is -2.18. The molecule has 1 aromatic rings. The first-order valence-corrected chi connectivity index (χ1v) is 6.64. The largest absolute Gasteiger partial charge is 0.478 e. The number of carbonyl (C=O) groups excluding carboxylic acids is 1. The molecule has 0 unspecified atom stereocenters. The van der Waals surface area contributed by atoms with E-state index in [1.807, 2.05) is 0 Å². The lowest BCUT2D eigenvalue weighted by molar-refractivity contribution is 0.0698. The molecule has 0 bridgehead atoms. The zero-order chi connectivity index (χ0) is 14.6. The summed E-state index contributed by atoms with van der Waals surface area (Å²) in [5.74, 6) is -1.33. The number of benzene rings is 1. The van der Waals surface area contributed by atoms with E-state index in [0.29, 0.717) is 0 Å². The molecule has 1 rings (SSSR count). The van der Waals surface area contributed by atoms with Gasteiger partial charge in [0, 0.05) is 0 Å². The van der Waals surface area contributed by atoms with Crippen molar-refractivity contribution in [2.75, 3.05) is 11.9 Å². The average Bonchev–Trinajstić information content (AvgIpc) is 2.27. The van der Waals surface area contributed by atoms with Crippen molar-refractivity contribution in [3.8, 4) is 0 Å². The second kappa shape index (κ2) is 5.67. The van der Waals surface area contributed by atoms with E-state index in [2.05, 4.69) is 10.1 Å². The Morgan fingerprint density at radius 2 is 2.05 bits per heavy atom. The Morgan fingerprint density at radius 1 is 1.42 bits per heavy atom. The number of anilines is 1. The molecule has 8 nitrogen and oxygen atoms in total. The van der Waals surface area contributed by atoms with Gasteiger partial charge >= 0.3 is 12.1 Å². The summed E-state index contributed by atoms with van der Waals surface area (Å²) < 4.78 is 26.9. The number of rotatable bonds is 4. The number of nitrogens with two attached hydrogens (primary N) is 1. The summed E-state index contributed by atoms with van der Waals surface area (Å²) in [5.41, 5.74) is -0.488. The molecule has 0 atom stereocenters. The minimum absolute atomic E-state index is 0.0864. The summed E-state index contributed by atoms with van der Waals surface area (Å²) in [6.07, 6.45) is -0.892. The number of primary sulfonamides is 1. The molecule has 0 aliphatic rings. The van der Waals surface area contributed by atoms with Crippen molar-refractivity contribution in [1.82, 2.24) is 0 Å². The van der Waals surface area contributed by atoms with Crippen molar-refractivity contribution in [3.63, 3.8) is 0 Å². The van der Waals surface area contributed by atoms with E-state index in [-0.39, 0.29) is 22.8 Å². The van der Waals surface area contributed by atoms with E-state index < -0.39 is 22.1 Å². The zero-order valence-corrected chi connectivity index (χ0v) is 10.7. The van der Waals surface area contributed by atoms with Gasteiger partial charge in [0.25, 0.3) is 0 Å². The maximum Gasteiger partial charge on any atom is 0.411 e. The molecule has 104 valence electrons. The number of aromatic carboxylic acids is 1. The molecule has 1 aromatic carbocycles. The molecule has 0 aliphatic heterocycles. The number of ether oxygens (including phenoxy) is 1. The SMILES string of the molecule is CCOC(=O)Nc1cc(S(N)(=O)=O)ccc1C(=O)O. The summed E-state index contributed by atoms with van der Waals surface area (Å²) >= 11 is 0. The number of carbonyl (C=O) groups is 2. The summed E-state index contributed by atoms with van der Waals surface area (Å²) in [6, 6.07) is 3.02. The van der Waals surface area contributed by atoms with Crippen LogP contribution in [0.2, 0.25) is 0 Å². The van der Waals surface area contributed by atoms with Gasteiger partial charge in [-0.1, -0.05) is 0 Å². The van der Waals surface area contributed by atoms with Crippen LogP contribution in [0.1, 0.15) is 17.3 Å². The van der Waals surface area contributed by atoms with E-state index in [1.165, 1.54) is 0 Å². The van der Waals surface area contributed by atoms with Crippen molar-refractivity contribution >= 4 is 27.8 Å². The van der Waals surface area contributed by atoms with Crippen LogP contribution >= 0.6 is 0 Å². The molecular weight excluding hydrogens is 276 g/mol. The van der Waals surface area contributed by atoms with E-state index in [9.17, 15) is 18.0 Å². The van der Waals surface area contributed by atoms with Crippen molar-refractivity contribution in [1.29, 1.82) is 0 Å². The third kappa shape index (κ3) is 3.93. The van der Waals surface area contributed by atoms with Crippen LogP contribution in [0.25, 0.3) is 0 Å². The normalized spacial score (nSPS) is 10.8. The number of amides is 1. The van der Waals surface area contributed by atoms with Crippen molar-refractivity contribution in [2.45, 2.75) is 11.8 Å². The Hall–Kier alpha value is -2.13. The molecule has 0 spiro atoms. The van der Waals surface area contributed by atoms with Gasteiger partial charge in [-0.3, -0.25) is 5.32 Å². The van der Waals surface area contributed by atoms with E-state index in [1.54, 1.807) is 6.92 Å². The quantitative estimate of drug-likeness (QED) is 0.742. The highest BCUT2D eigenvalue weighted by atomic mass is 32.2. The molecule has 0 heterocycles. The maximum absolute atomic E-state index is 11.2. The zero-order valence-electron chi connectivity index (χ0n) is 9.91. The van der Waals surface area contributed by atoms with Crippen LogP contribution in [-0.2, 0) is 14.8 Å². The lowest BCUT2D eigenvalue weighted by Gasteiger charge is -2.09. The Bertz CT molecular complexity index is 610. The molecule has 4 N–H and O–H groups in total. The molecule has 1 amide bonds. The van der Waals surface area contributed by atoms with Gasteiger partial charge in [0.2, 0.25) is 10.0 Å². The molecule has 0 saturated carbocycles. The van der Waals surface area contributed by atoms with Gasteiger partial charge in [0.15, 0.2) is 0 Å². The lowest BCUT2D eigenvalue weighted by atomic mass is 10.2. The van der Waals surface area contributed by atoms with Crippen LogP contribution in [0.4, 0.5) is 10.5 Å². The van der Waals surface area contributed by atoms with Crippen LogP contribution in [0.5, 0.6) is 0 Å². The third-order valence-corrected chi connectivity index (χ3v) is 2.97. The monoisotopic (exact) mass is 288 g/mol. The number of sulfonamides is 1. The van der Waals surface area contributed by atoms with Crippen molar-refractivity contribution < 1.29 is 27.9 Å². The fourth-order valence-electron chi connectivity index (χ4n) is 1.27. The molecule has 0 radical (unpaired) electrons. The fraction of sp³-hybridized carbons (Fsp3) is 0.200. The Morgan fingerprint density at radius 3 is 2.53 bits per heavy atom. The molecule has 19 heavy (non-hydrogen) atoms. The number of hydrogen-bond donors (Lipinski definition) is 3. The van der Waals surface area contributed by atoms with Crippen LogP contribution < -0.4 is 10.5 Å². The second-order valence-electron chi connectivity index (χ2n) is 3.40. The van der Waals surface area contributed by atoms with Crippen molar-refractivity contribution in [3.05, 3.63) is 23.8 Å². The van der Waals surface area contributed by atoms with E-state index >= 15 is 0 Å². The van der Waals surface area contributed by atoms with Crippen molar-refractivity contribution in [2.24, 2.45) is 5.14 Å². The summed E-state index contributed by atoms with van der Waals surface area (Å²) in [4.78, 5) is 21.9. The van der Waals surface area contributed by atoms with Gasteiger partial charge in [-0.25, -0.2) is 23.1 Å². The highest BCUT2D eigenvalue weighted by Crippen LogP contribution is 2.20. The number of nitrogens with one attached hydrogen (secondary N) is 1. The number of carboxylic acids is 1. The molecule has 0 saturated heterocycles. The summed E-state index contributed by atoms with van der Waals surface area (Å²) in [7, 11) is -4.00. The first-order chi connectivity index (χ1) is 8.75. The third-order valence-electron chi connectivity index (χ3n) is 2.06. The topological polar surface area (TPSA) is 136 Å². The summed E-state index contributed by atoms with van der Waals surface area (Å²) in [5, 5.41) is 16.0. The van der Waals surface area contributed by atoms with Crippen LogP contribution in [0.15, 0.2) is 23.1 Å².